The largest absolute Gasteiger partial charge is 0.465 e. The highest BCUT2D eigenvalue weighted by molar-refractivity contribution is 5.92. The van der Waals surface area contributed by atoms with Crippen molar-refractivity contribution >= 4 is 22.6 Å². The number of anilines is 1. The number of nitrogens with one attached hydrogen (secondary N) is 2. The van der Waals surface area contributed by atoms with Crippen LogP contribution < -0.4 is 5.32 Å². The van der Waals surface area contributed by atoms with Crippen LogP contribution in [0.4, 0.5) is 5.69 Å². The number of terminal acetylenes is 1. The fourth-order valence-corrected chi connectivity index (χ4v) is 2.95. The molecule has 25 heavy (non-hydrogen) atoms. The Morgan fingerprint density at radius 1 is 1.24 bits per heavy atom. The van der Waals surface area contributed by atoms with Crippen molar-refractivity contribution in [2.75, 3.05) is 18.5 Å². The first-order valence-electron chi connectivity index (χ1n) is 8.24. The molecule has 0 aliphatic carbocycles. The molecule has 1 atom stereocenters. The van der Waals surface area contributed by atoms with Crippen molar-refractivity contribution in [2.45, 2.75) is 12.8 Å². The third kappa shape index (κ3) is 3.51. The summed E-state index contributed by atoms with van der Waals surface area (Å²) < 4.78 is 5.33. The maximum Gasteiger partial charge on any atom is 0.317 e. The SMILES string of the molecule is C#CCNc1ccc(C(C(=O)OCC)c2c[nH]c3ccccc23)cc1. The normalized spacial score (nSPS) is 11.7. The van der Waals surface area contributed by atoms with Crippen molar-refractivity contribution < 1.29 is 9.53 Å². The summed E-state index contributed by atoms with van der Waals surface area (Å²) in [6.07, 6.45) is 7.15. The van der Waals surface area contributed by atoms with Gasteiger partial charge in [0.2, 0.25) is 0 Å². The second-order valence-electron chi connectivity index (χ2n) is 5.65. The van der Waals surface area contributed by atoms with Crippen molar-refractivity contribution in [3.8, 4) is 12.3 Å². The zero-order valence-corrected chi connectivity index (χ0v) is 14.1. The van der Waals surface area contributed by atoms with Gasteiger partial charge < -0.3 is 15.0 Å². The highest BCUT2D eigenvalue weighted by atomic mass is 16.5. The maximum absolute atomic E-state index is 12.7. The van der Waals surface area contributed by atoms with Gasteiger partial charge in [-0.1, -0.05) is 36.3 Å². The van der Waals surface area contributed by atoms with Gasteiger partial charge >= 0.3 is 5.97 Å². The molecule has 126 valence electrons. The minimum absolute atomic E-state index is 0.253. The Morgan fingerprint density at radius 3 is 2.72 bits per heavy atom. The number of rotatable bonds is 6. The first kappa shape index (κ1) is 16.7. The number of hydrogen-bond acceptors (Lipinski definition) is 3. The number of ether oxygens (including phenoxy) is 1. The molecule has 1 heterocycles. The fourth-order valence-electron chi connectivity index (χ4n) is 2.95. The van der Waals surface area contributed by atoms with E-state index in [0.29, 0.717) is 13.2 Å². The van der Waals surface area contributed by atoms with Gasteiger partial charge in [0, 0.05) is 22.8 Å². The van der Waals surface area contributed by atoms with E-state index in [1.165, 1.54) is 0 Å². The van der Waals surface area contributed by atoms with Crippen LogP contribution in [-0.2, 0) is 9.53 Å². The van der Waals surface area contributed by atoms with E-state index in [-0.39, 0.29) is 5.97 Å². The fraction of sp³-hybridized carbons (Fsp3) is 0.190. The van der Waals surface area contributed by atoms with Crippen molar-refractivity contribution in [3.63, 3.8) is 0 Å². The van der Waals surface area contributed by atoms with Gasteiger partial charge in [-0.15, -0.1) is 6.42 Å². The van der Waals surface area contributed by atoms with E-state index in [1.807, 2.05) is 61.7 Å². The lowest BCUT2D eigenvalue weighted by atomic mass is 9.91. The predicted octanol–water partition coefficient (Wildman–Crippen LogP) is 3.91. The summed E-state index contributed by atoms with van der Waals surface area (Å²) in [4.78, 5) is 15.9. The van der Waals surface area contributed by atoms with Gasteiger partial charge in [-0.25, -0.2) is 0 Å². The number of esters is 1. The number of aromatic amines is 1. The summed E-state index contributed by atoms with van der Waals surface area (Å²) in [7, 11) is 0. The van der Waals surface area contributed by atoms with E-state index >= 15 is 0 Å². The van der Waals surface area contributed by atoms with E-state index in [1.54, 1.807) is 0 Å². The molecule has 3 aromatic rings. The molecule has 0 saturated carbocycles. The first-order chi connectivity index (χ1) is 12.2. The van der Waals surface area contributed by atoms with Crippen molar-refractivity contribution in [2.24, 2.45) is 0 Å². The zero-order valence-electron chi connectivity index (χ0n) is 14.1. The molecule has 0 amide bonds. The molecule has 2 N–H and O–H groups in total. The van der Waals surface area contributed by atoms with E-state index in [0.717, 1.165) is 27.7 Å². The van der Waals surface area contributed by atoms with Crippen molar-refractivity contribution in [1.29, 1.82) is 0 Å². The Morgan fingerprint density at radius 2 is 2.00 bits per heavy atom. The van der Waals surface area contributed by atoms with E-state index in [9.17, 15) is 4.79 Å². The van der Waals surface area contributed by atoms with Crippen LogP contribution in [0.25, 0.3) is 10.9 Å². The van der Waals surface area contributed by atoms with Gasteiger partial charge in [-0.3, -0.25) is 4.79 Å². The van der Waals surface area contributed by atoms with Gasteiger partial charge in [0.25, 0.3) is 0 Å². The molecule has 0 bridgehead atoms. The average molecular weight is 332 g/mol. The molecule has 2 aromatic carbocycles. The Balaban J connectivity index is 2.01. The van der Waals surface area contributed by atoms with Gasteiger partial charge in [-0.05, 0) is 36.2 Å². The summed E-state index contributed by atoms with van der Waals surface area (Å²) in [5.74, 6) is 1.81. The summed E-state index contributed by atoms with van der Waals surface area (Å²) in [6.45, 7) is 2.62. The van der Waals surface area contributed by atoms with Crippen LogP contribution in [0.15, 0.2) is 54.7 Å². The lowest BCUT2D eigenvalue weighted by Crippen LogP contribution is -2.17. The zero-order chi connectivity index (χ0) is 17.6. The number of H-pyrrole nitrogens is 1. The van der Waals surface area contributed by atoms with E-state index < -0.39 is 5.92 Å². The lowest BCUT2D eigenvalue weighted by molar-refractivity contribution is -0.143. The van der Waals surface area contributed by atoms with Crippen molar-refractivity contribution in [3.05, 3.63) is 65.9 Å². The smallest absolute Gasteiger partial charge is 0.317 e. The third-order valence-electron chi connectivity index (χ3n) is 4.09. The number of benzene rings is 2. The Hall–Kier alpha value is -3.19. The van der Waals surface area contributed by atoms with Crippen LogP contribution in [0.1, 0.15) is 24.0 Å². The Kier molecular flexibility index (Phi) is 5.06. The molecule has 4 heteroatoms. The molecule has 4 nitrogen and oxygen atoms in total. The summed E-state index contributed by atoms with van der Waals surface area (Å²) in [6, 6.07) is 15.7. The molecule has 0 saturated heterocycles. The molecule has 0 aliphatic rings. The van der Waals surface area contributed by atoms with Crippen LogP contribution in [-0.4, -0.2) is 24.1 Å². The maximum atomic E-state index is 12.7. The van der Waals surface area contributed by atoms with Crippen molar-refractivity contribution in [1.82, 2.24) is 4.98 Å². The summed E-state index contributed by atoms with van der Waals surface area (Å²) in [5.41, 5.74) is 3.72. The molecular weight excluding hydrogens is 312 g/mol. The number of carbonyl (C=O) groups excluding carboxylic acids is 1. The Labute approximate surface area is 147 Å². The van der Waals surface area contributed by atoms with Crippen LogP contribution >= 0.6 is 0 Å². The number of carbonyl (C=O) groups is 1. The average Bonchev–Trinajstić information content (AvgIpc) is 3.05. The molecule has 0 radical (unpaired) electrons. The highest BCUT2D eigenvalue weighted by Crippen LogP contribution is 2.32. The molecular formula is C21H20N2O2. The first-order valence-corrected chi connectivity index (χ1v) is 8.24. The monoisotopic (exact) mass is 332 g/mol. The molecule has 0 fully saturated rings. The molecule has 0 aliphatic heterocycles. The van der Waals surface area contributed by atoms with Gasteiger partial charge in [0.15, 0.2) is 0 Å². The topological polar surface area (TPSA) is 54.1 Å². The molecule has 1 unspecified atom stereocenters. The van der Waals surface area contributed by atoms with Gasteiger partial charge in [0.1, 0.15) is 5.92 Å². The number of hydrogen-bond donors (Lipinski definition) is 2. The molecule has 0 spiro atoms. The third-order valence-corrected chi connectivity index (χ3v) is 4.09. The quantitative estimate of drug-likeness (QED) is 0.531. The summed E-state index contributed by atoms with van der Waals surface area (Å²) in [5, 5.41) is 4.14. The van der Waals surface area contributed by atoms with Gasteiger partial charge in [-0.2, -0.15) is 0 Å². The highest BCUT2D eigenvalue weighted by Gasteiger charge is 2.26. The second-order valence-corrected chi connectivity index (χ2v) is 5.65. The number of fused-ring (bicyclic) bond motifs is 1. The lowest BCUT2D eigenvalue weighted by Gasteiger charge is -2.16. The minimum atomic E-state index is -0.474. The summed E-state index contributed by atoms with van der Waals surface area (Å²) >= 11 is 0. The number of para-hydroxylation sites is 1. The second kappa shape index (κ2) is 7.59. The Bertz CT molecular complexity index is 904. The number of aromatic nitrogens is 1. The van der Waals surface area contributed by atoms with Crippen LogP contribution in [0.3, 0.4) is 0 Å². The standard InChI is InChI=1S/C21H20N2O2/c1-3-13-22-16-11-9-15(10-12-16)20(21(24)25-4-2)18-14-23-19-8-6-5-7-17(18)19/h1,5-12,14,20,22-23H,4,13H2,2H3. The van der Waals surface area contributed by atoms with E-state index in [2.05, 4.69) is 16.2 Å². The van der Waals surface area contributed by atoms with E-state index in [4.69, 9.17) is 11.2 Å². The minimum Gasteiger partial charge on any atom is -0.465 e. The predicted molar refractivity (Wildman–Crippen MR) is 101 cm³/mol. The van der Waals surface area contributed by atoms with Crippen LogP contribution in [0, 0.1) is 12.3 Å². The van der Waals surface area contributed by atoms with Gasteiger partial charge in [0.05, 0.1) is 13.2 Å². The van der Waals surface area contributed by atoms with Crippen LogP contribution in [0.2, 0.25) is 0 Å². The van der Waals surface area contributed by atoms with Crippen LogP contribution in [0.5, 0.6) is 0 Å². The molecule has 1 aromatic heterocycles. The molecule has 3 rings (SSSR count).